The molecule has 0 saturated heterocycles. The van der Waals surface area contributed by atoms with Gasteiger partial charge in [-0.15, -0.1) is 0 Å². The van der Waals surface area contributed by atoms with Gasteiger partial charge in [0, 0.05) is 0 Å². The molecule has 0 heterocycles. The van der Waals surface area contributed by atoms with Gasteiger partial charge in [-0.2, -0.15) is 0 Å². The van der Waals surface area contributed by atoms with Crippen LogP contribution in [0, 0.1) is 32.1 Å². The third-order valence-corrected chi connectivity index (χ3v) is 6.71. The van der Waals surface area contributed by atoms with Crippen molar-refractivity contribution >= 4 is 13.3 Å². The van der Waals surface area contributed by atoms with Gasteiger partial charge in [-0.3, -0.25) is 0 Å². The summed E-state index contributed by atoms with van der Waals surface area (Å²) >= 11 is 0. The van der Waals surface area contributed by atoms with Gasteiger partial charge in [-0.1, -0.05) is 63.3 Å². The first-order valence-corrected chi connectivity index (χ1v) is 11.4. The zero-order valence-electron chi connectivity index (χ0n) is 18.1. The third-order valence-electron chi connectivity index (χ3n) is 4.95. The van der Waals surface area contributed by atoms with Crippen molar-refractivity contribution in [3.63, 3.8) is 0 Å². The highest BCUT2D eigenvalue weighted by molar-refractivity contribution is 7.65. The highest BCUT2D eigenvalue weighted by atomic mass is 31.1. The third kappa shape index (κ3) is 6.95. The molecule has 1 rings (SSSR count). The number of carbonyl (C=O) groups excluding carboxylic acids is 1. The molecular formula is C23H38O2P+. The zero-order valence-corrected chi connectivity index (χ0v) is 19.0. The molecule has 3 unspecified atom stereocenters. The van der Waals surface area contributed by atoms with Gasteiger partial charge in [0.05, 0.1) is 5.56 Å². The summed E-state index contributed by atoms with van der Waals surface area (Å²) in [5.41, 5.74) is 3.85. The molecule has 0 aliphatic rings. The first kappa shape index (κ1) is 23.0. The van der Waals surface area contributed by atoms with Crippen LogP contribution in [0.25, 0.3) is 0 Å². The first-order valence-electron chi connectivity index (χ1n) is 10.0. The fraction of sp³-hybridized carbons (Fsp3) is 0.696. The summed E-state index contributed by atoms with van der Waals surface area (Å²) in [6.45, 7) is 17.1. The number of benzene rings is 1. The average molecular weight is 378 g/mol. The predicted octanol–water partition coefficient (Wildman–Crippen LogP) is 7.60. The molecule has 0 spiro atoms. The van der Waals surface area contributed by atoms with Gasteiger partial charge in [0.25, 0.3) is 0 Å². The van der Waals surface area contributed by atoms with Gasteiger partial charge in [0.15, 0.2) is 5.66 Å². The zero-order chi connectivity index (χ0) is 20.1. The predicted molar refractivity (Wildman–Crippen MR) is 114 cm³/mol. The highest BCUT2D eigenvalue weighted by Gasteiger charge is 2.41. The fourth-order valence-corrected chi connectivity index (χ4v) is 6.03. The Bertz CT molecular complexity index is 617. The van der Waals surface area contributed by atoms with E-state index in [0.717, 1.165) is 48.8 Å². The van der Waals surface area contributed by atoms with Gasteiger partial charge in [-0.05, 0) is 68.9 Å². The lowest BCUT2D eigenvalue weighted by molar-refractivity contribution is 0.107. The van der Waals surface area contributed by atoms with E-state index in [1.54, 1.807) is 0 Å². The van der Waals surface area contributed by atoms with Crippen LogP contribution in [0.3, 0.4) is 0 Å². The van der Waals surface area contributed by atoms with Crippen molar-refractivity contribution in [2.24, 2.45) is 11.3 Å². The Hall–Kier alpha value is -1.01. The van der Waals surface area contributed by atoms with E-state index in [1.807, 2.05) is 32.9 Å². The minimum Gasteiger partial charge on any atom is -0.234 e. The Morgan fingerprint density at radius 1 is 1.12 bits per heavy atom. The van der Waals surface area contributed by atoms with E-state index < -0.39 is 7.80 Å². The average Bonchev–Trinajstić information content (AvgIpc) is 2.47. The quantitative estimate of drug-likeness (QED) is 0.415. The number of rotatable bonds is 9. The van der Waals surface area contributed by atoms with Crippen LogP contribution in [0.1, 0.15) is 93.8 Å². The fourth-order valence-electron chi connectivity index (χ4n) is 4.16. The minimum absolute atomic E-state index is 0.00472. The lowest BCUT2D eigenvalue weighted by atomic mass is 9.83. The summed E-state index contributed by atoms with van der Waals surface area (Å²) in [4.78, 5) is 13.1. The second kappa shape index (κ2) is 9.79. The molecule has 3 heteroatoms. The van der Waals surface area contributed by atoms with Gasteiger partial charge < -0.3 is 0 Å². The van der Waals surface area contributed by atoms with E-state index >= 15 is 0 Å². The molecule has 1 aromatic carbocycles. The number of hydrogen-bond donors (Lipinski definition) is 0. The van der Waals surface area contributed by atoms with Gasteiger partial charge >= 0.3 is 13.3 Å². The van der Waals surface area contributed by atoms with Crippen LogP contribution in [-0.4, -0.2) is 11.2 Å². The van der Waals surface area contributed by atoms with Crippen molar-refractivity contribution in [2.45, 2.75) is 93.2 Å². The second-order valence-corrected chi connectivity index (χ2v) is 11.1. The van der Waals surface area contributed by atoms with Crippen LogP contribution in [0.5, 0.6) is 0 Å². The van der Waals surface area contributed by atoms with Crippen molar-refractivity contribution in [1.82, 2.24) is 0 Å². The minimum atomic E-state index is -1.90. The summed E-state index contributed by atoms with van der Waals surface area (Å²) in [6, 6.07) is 4.04. The van der Waals surface area contributed by atoms with Crippen molar-refractivity contribution in [1.29, 1.82) is 0 Å². The van der Waals surface area contributed by atoms with Crippen LogP contribution in [0.15, 0.2) is 12.1 Å². The molecule has 1 aromatic rings. The van der Waals surface area contributed by atoms with E-state index in [2.05, 4.69) is 34.6 Å². The van der Waals surface area contributed by atoms with E-state index in [-0.39, 0.29) is 16.6 Å². The summed E-state index contributed by atoms with van der Waals surface area (Å²) < 4.78 is 13.2. The van der Waals surface area contributed by atoms with Gasteiger partial charge in [-0.25, -0.2) is 4.79 Å². The molecule has 0 aliphatic heterocycles. The van der Waals surface area contributed by atoms with Crippen molar-refractivity contribution in [3.8, 4) is 0 Å². The monoisotopic (exact) mass is 377 g/mol. The topological polar surface area (TPSA) is 34.1 Å². The van der Waals surface area contributed by atoms with Crippen LogP contribution in [0.4, 0.5) is 0 Å². The summed E-state index contributed by atoms with van der Waals surface area (Å²) in [5.74, 6) is 0.476. The molecule has 0 amide bonds. The van der Waals surface area contributed by atoms with Crippen molar-refractivity contribution in [2.75, 3.05) is 0 Å². The maximum Gasteiger partial charge on any atom is 0.423 e. The van der Waals surface area contributed by atoms with Gasteiger partial charge in [0.2, 0.25) is 0 Å². The van der Waals surface area contributed by atoms with Gasteiger partial charge in [0.1, 0.15) is 0 Å². The number of carbonyl (C=O) groups is 1. The molecule has 2 nitrogen and oxygen atoms in total. The summed E-state index contributed by atoms with van der Waals surface area (Å²) in [5, 5.41) is 0. The Balaban J connectivity index is 3.03. The molecule has 146 valence electrons. The smallest absolute Gasteiger partial charge is 0.234 e. The van der Waals surface area contributed by atoms with Crippen LogP contribution in [-0.2, 0) is 4.57 Å². The number of aryl methyl sites for hydroxylation is 3. The van der Waals surface area contributed by atoms with E-state index in [9.17, 15) is 9.36 Å². The van der Waals surface area contributed by atoms with Crippen molar-refractivity contribution in [3.05, 3.63) is 34.4 Å². The largest absolute Gasteiger partial charge is 0.423 e. The molecule has 0 radical (unpaired) electrons. The van der Waals surface area contributed by atoms with Crippen LogP contribution >= 0.6 is 7.80 Å². The number of unbranched alkanes of at least 4 members (excludes halogenated alkanes) is 1. The first-order chi connectivity index (χ1) is 12.0. The Labute approximate surface area is 162 Å². The second-order valence-electron chi connectivity index (χ2n) is 9.31. The number of hydrogen-bond acceptors (Lipinski definition) is 2. The lowest BCUT2D eigenvalue weighted by Crippen LogP contribution is -2.17. The van der Waals surface area contributed by atoms with E-state index in [0.29, 0.717) is 11.5 Å². The maximum atomic E-state index is 13.2. The molecule has 26 heavy (non-hydrogen) atoms. The molecule has 0 fully saturated rings. The molecule has 0 aromatic heterocycles. The summed E-state index contributed by atoms with van der Waals surface area (Å²) in [7, 11) is -1.90. The molecule has 0 N–H and O–H groups in total. The molecule has 0 saturated carbocycles. The Morgan fingerprint density at radius 3 is 2.12 bits per heavy atom. The van der Waals surface area contributed by atoms with E-state index in [1.165, 1.54) is 0 Å². The molecule has 3 atom stereocenters. The standard InChI is InChI=1S/C23H38O2P/c1-9-10-11-20(14-17(3)15-23(6,7)8)26(25)22(24)21-18(4)12-16(2)13-19(21)5/h12-13,17,20H,9-11,14-15H2,1-8H3/q+1. The normalized spacial score (nSPS) is 14.8. The van der Waals surface area contributed by atoms with Crippen LogP contribution in [0.2, 0.25) is 0 Å². The molecule has 0 aliphatic carbocycles. The van der Waals surface area contributed by atoms with Crippen molar-refractivity contribution < 1.29 is 9.36 Å². The Kier molecular flexibility index (Phi) is 8.67. The molecular weight excluding hydrogens is 339 g/mol. The SMILES string of the molecule is CCCCC(CC(C)CC(C)(C)C)[P+](=O)C(=O)c1c(C)cc(C)cc1C. The lowest BCUT2D eigenvalue weighted by Gasteiger charge is -2.23. The molecule has 0 bridgehead atoms. The highest BCUT2D eigenvalue weighted by Crippen LogP contribution is 2.42. The summed E-state index contributed by atoms with van der Waals surface area (Å²) in [6.07, 6.45) is 4.96. The van der Waals surface area contributed by atoms with E-state index in [4.69, 9.17) is 0 Å². The Morgan fingerprint density at radius 2 is 1.65 bits per heavy atom. The van der Waals surface area contributed by atoms with Crippen LogP contribution < -0.4 is 0 Å². The maximum absolute atomic E-state index is 13.2.